The van der Waals surface area contributed by atoms with Crippen LogP contribution in [0, 0.1) is 3.57 Å². The van der Waals surface area contributed by atoms with Crippen LogP contribution in [0.15, 0.2) is 22.7 Å². The van der Waals surface area contributed by atoms with Crippen LogP contribution in [0.3, 0.4) is 0 Å². The van der Waals surface area contributed by atoms with Gasteiger partial charge in [-0.15, -0.1) is 0 Å². The Labute approximate surface area is 147 Å². The third-order valence-corrected chi connectivity index (χ3v) is 5.18. The predicted molar refractivity (Wildman–Crippen MR) is 95.4 cm³/mol. The molecule has 1 aromatic rings. The Morgan fingerprint density at radius 1 is 1.33 bits per heavy atom. The normalized spacial score (nSPS) is 19.2. The topological polar surface area (TPSA) is 37.4 Å². The number of rotatable bonds is 3. The van der Waals surface area contributed by atoms with Crippen molar-refractivity contribution >= 4 is 50.2 Å². The quantitative estimate of drug-likeness (QED) is 0.622. The summed E-state index contributed by atoms with van der Waals surface area (Å²) in [6.45, 7) is 2.35. The predicted octanol–water partition coefficient (Wildman–Crippen LogP) is 4.42. The molecule has 1 amide bonds. The Hall–Kier alpha value is -0.430. The second-order valence-corrected chi connectivity index (χ2v) is 7.63. The third-order valence-electron chi connectivity index (χ3n) is 3.82. The summed E-state index contributed by atoms with van der Waals surface area (Å²) in [5.74, 6) is 0.190. The zero-order valence-corrected chi connectivity index (χ0v) is 15.8. The van der Waals surface area contributed by atoms with Gasteiger partial charge in [-0.1, -0.05) is 12.8 Å². The third kappa shape index (κ3) is 4.52. The minimum Gasteiger partial charge on any atom is -0.335 e. The van der Waals surface area contributed by atoms with E-state index in [1.807, 2.05) is 23.1 Å². The van der Waals surface area contributed by atoms with Crippen molar-refractivity contribution in [2.24, 2.45) is 0 Å². The molecule has 5 heteroatoms. The van der Waals surface area contributed by atoms with E-state index in [0.717, 1.165) is 40.3 Å². The van der Waals surface area contributed by atoms with E-state index < -0.39 is 0 Å². The molecule has 1 aliphatic rings. The van der Waals surface area contributed by atoms with Gasteiger partial charge in [0.15, 0.2) is 0 Å². The van der Waals surface area contributed by atoms with Crippen molar-refractivity contribution in [3.63, 3.8) is 0 Å². The number of carbonyl (C=O) groups is 2. The minimum absolute atomic E-state index is 0.0357. The van der Waals surface area contributed by atoms with Crippen molar-refractivity contribution in [2.45, 2.75) is 45.1 Å². The lowest BCUT2D eigenvalue weighted by Gasteiger charge is -2.30. The number of halogens is 2. The first-order valence-corrected chi connectivity index (χ1v) is 9.11. The molecule has 2 rings (SSSR count). The van der Waals surface area contributed by atoms with Crippen LogP contribution in [-0.2, 0) is 4.79 Å². The summed E-state index contributed by atoms with van der Waals surface area (Å²) in [7, 11) is 0. The van der Waals surface area contributed by atoms with Gasteiger partial charge in [0, 0.05) is 27.1 Å². The lowest BCUT2D eigenvalue weighted by atomic mass is 10.0. The van der Waals surface area contributed by atoms with Gasteiger partial charge in [-0.05, 0) is 76.5 Å². The monoisotopic (exact) mass is 463 g/mol. The fourth-order valence-electron chi connectivity index (χ4n) is 2.80. The Bertz CT molecular complexity index is 547. The standard InChI is InChI=1S/C16H19BrINO2/c1-11(20)9-13-5-3-2-4-8-19(13)16(21)14-10-12(18)6-7-15(14)17/h6-7,10,13H,2-5,8-9H2,1H3. The molecule has 21 heavy (non-hydrogen) atoms. The molecule has 1 atom stereocenters. The maximum absolute atomic E-state index is 12.9. The Morgan fingerprint density at radius 2 is 2.10 bits per heavy atom. The van der Waals surface area contributed by atoms with E-state index in [0.29, 0.717) is 12.0 Å². The van der Waals surface area contributed by atoms with Crippen molar-refractivity contribution in [2.75, 3.05) is 6.54 Å². The summed E-state index contributed by atoms with van der Waals surface area (Å²) in [5, 5.41) is 0. The molecule has 0 aromatic heterocycles. The minimum atomic E-state index is 0.0357. The molecule has 1 aliphatic heterocycles. The maximum atomic E-state index is 12.9. The highest BCUT2D eigenvalue weighted by atomic mass is 127. The maximum Gasteiger partial charge on any atom is 0.255 e. The fraction of sp³-hybridized carbons (Fsp3) is 0.500. The first kappa shape index (κ1) is 16.9. The Morgan fingerprint density at radius 3 is 2.81 bits per heavy atom. The molecule has 1 heterocycles. The van der Waals surface area contributed by atoms with Gasteiger partial charge in [0.1, 0.15) is 5.78 Å². The summed E-state index contributed by atoms with van der Waals surface area (Å²) >= 11 is 5.68. The highest BCUT2D eigenvalue weighted by Crippen LogP contribution is 2.26. The van der Waals surface area contributed by atoms with Crippen LogP contribution < -0.4 is 0 Å². The molecular formula is C16H19BrINO2. The first-order chi connectivity index (χ1) is 9.99. The van der Waals surface area contributed by atoms with Crippen LogP contribution in [0.25, 0.3) is 0 Å². The number of nitrogens with zero attached hydrogens (tertiary/aromatic N) is 1. The molecule has 1 saturated heterocycles. The number of amides is 1. The molecule has 0 spiro atoms. The van der Waals surface area contributed by atoms with E-state index in [1.165, 1.54) is 0 Å². The molecule has 0 aliphatic carbocycles. The summed E-state index contributed by atoms with van der Waals surface area (Å²) < 4.78 is 1.86. The number of ketones is 1. The number of hydrogen-bond donors (Lipinski definition) is 0. The molecule has 0 N–H and O–H groups in total. The number of Topliss-reactive ketones (excluding diaryl/α,β-unsaturated/α-hetero) is 1. The lowest BCUT2D eigenvalue weighted by Crippen LogP contribution is -2.41. The second-order valence-electron chi connectivity index (χ2n) is 5.53. The van der Waals surface area contributed by atoms with Crippen molar-refractivity contribution in [1.82, 2.24) is 4.90 Å². The van der Waals surface area contributed by atoms with Crippen LogP contribution in [0.1, 0.15) is 49.4 Å². The average molecular weight is 464 g/mol. The number of benzene rings is 1. The highest BCUT2D eigenvalue weighted by molar-refractivity contribution is 14.1. The Kier molecular flexibility index (Phi) is 6.22. The summed E-state index contributed by atoms with van der Waals surface area (Å²) in [6, 6.07) is 5.83. The number of likely N-dealkylation sites (tertiary alicyclic amines) is 1. The zero-order valence-electron chi connectivity index (χ0n) is 12.1. The average Bonchev–Trinajstić information content (AvgIpc) is 2.65. The van der Waals surface area contributed by atoms with E-state index in [9.17, 15) is 9.59 Å². The van der Waals surface area contributed by atoms with E-state index in [4.69, 9.17) is 0 Å². The molecule has 1 fully saturated rings. The van der Waals surface area contributed by atoms with Gasteiger partial charge in [-0.2, -0.15) is 0 Å². The molecule has 0 bridgehead atoms. The molecule has 3 nitrogen and oxygen atoms in total. The van der Waals surface area contributed by atoms with Gasteiger partial charge in [0.25, 0.3) is 5.91 Å². The van der Waals surface area contributed by atoms with Crippen LogP contribution in [-0.4, -0.2) is 29.2 Å². The smallest absolute Gasteiger partial charge is 0.255 e. The van der Waals surface area contributed by atoms with Crippen LogP contribution in [0.4, 0.5) is 0 Å². The van der Waals surface area contributed by atoms with Gasteiger partial charge >= 0.3 is 0 Å². The Balaban J connectivity index is 2.28. The highest BCUT2D eigenvalue weighted by Gasteiger charge is 2.28. The van der Waals surface area contributed by atoms with E-state index in [1.54, 1.807) is 6.92 Å². The van der Waals surface area contributed by atoms with Gasteiger partial charge < -0.3 is 4.90 Å². The molecule has 1 aromatic carbocycles. The van der Waals surface area contributed by atoms with Crippen LogP contribution in [0.5, 0.6) is 0 Å². The summed E-state index contributed by atoms with van der Waals surface area (Å²) in [6.07, 6.45) is 4.63. The molecule has 114 valence electrons. The fourth-order valence-corrected chi connectivity index (χ4v) is 3.71. The number of carbonyl (C=O) groups excluding carboxylic acids is 2. The SMILES string of the molecule is CC(=O)CC1CCCCCN1C(=O)c1cc(I)ccc1Br. The van der Waals surface area contributed by atoms with E-state index in [-0.39, 0.29) is 17.7 Å². The second kappa shape index (κ2) is 7.72. The molecular weight excluding hydrogens is 445 g/mol. The van der Waals surface area contributed by atoms with Crippen molar-refractivity contribution in [3.05, 3.63) is 31.8 Å². The van der Waals surface area contributed by atoms with E-state index in [2.05, 4.69) is 38.5 Å². The van der Waals surface area contributed by atoms with Gasteiger partial charge in [0.2, 0.25) is 0 Å². The van der Waals surface area contributed by atoms with Crippen molar-refractivity contribution in [1.29, 1.82) is 0 Å². The molecule has 0 radical (unpaired) electrons. The summed E-state index contributed by atoms with van der Waals surface area (Å²) in [5.41, 5.74) is 0.692. The lowest BCUT2D eigenvalue weighted by molar-refractivity contribution is -0.118. The van der Waals surface area contributed by atoms with Crippen LogP contribution in [0.2, 0.25) is 0 Å². The number of hydrogen-bond acceptors (Lipinski definition) is 2. The molecule has 1 unspecified atom stereocenters. The van der Waals surface area contributed by atoms with Crippen molar-refractivity contribution in [3.8, 4) is 0 Å². The first-order valence-electron chi connectivity index (χ1n) is 7.24. The molecule has 0 saturated carbocycles. The van der Waals surface area contributed by atoms with Crippen LogP contribution >= 0.6 is 38.5 Å². The van der Waals surface area contributed by atoms with Gasteiger partial charge in [0.05, 0.1) is 5.56 Å². The zero-order chi connectivity index (χ0) is 15.4. The largest absolute Gasteiger partial charge is 0.335 e. The van der Waals surface area contributed by atoms with Gasteiger partial charge in [-0.25, -0.2) is 0 Å². The van der Waals surface area contributed by atoms with Crippen molar-refractivity contribution < 1.29 is 9.59 Å². The van der Waals surface area contributed by atoms with E-state index >= 15 is 0 Å². The summed E-state index contributed by atoms with van der Waals surface area (Å²) in [4.78, 5) is 26.3. The van der Waals surface area contributed by atoms with Gasteiger partial charge in [-0.3, -0.25) is 9.59 Å².